The van der Waals surface area contributed by atoms with Gasteiger partial charge in [0.1, 0.15) is 11.7 Å². The van der Waals surface area contributed by atoms with Crippen LogP contribution in [0.5, 0.6) is 0 Å². The highest BCUT2D eigenvalue weighted by molar-refractivity contribution is 5.99. The second-order valence-electron chi connectivity index (χ2n) is 5.70. The van der Waals surface area contributed by atoms with Gasteiger partial charge >= 0.3 is 0 Å². The lowest BCUT2D eigenvalue weighted by Crippen LogP contribution is -2.51. The van der Waals surface area contributed by atoms with E-state index < -0.39 is 11.9 Å². The van der Waals surface area contributed by atoms with E-state index in [4.69, 9.17) is 5.73 Å². The number of rotatable bonds is 4. The summed E-state index contributed by atoms with van der Waals surface area (Å²) in [5.41, 5.74) is 5.96. The molecule has 4 N–H and O–H groups in total. The van der Waals surface area contributed by atoms with Crippen LogP contribution in [0.2, 0.25) is 0 Å². The maximum atomic E-state index is 12.2. The Morgan fingerprint density at radius 1 is 1.45 bits per heavy atom. The molecule has 112 valence electrons. The van der Waals surface area contributed by atoms with Gasteiger partial charge in [-0.15, -0.1) is 0 Å². The van der Waals surface area contributed by atoms with E-state index in [9.17, 15) is 9.59 Å². The number of carbonyl (C=O) groups excluding carboxylic acids is 2. The summed E-state index contributed by atoms with van der Waals surface area (Å²) in [4.78, 5) is 24.1. The van der Waals surface area contributed by atoms with Crippen molar-refractivity contribution in [3.8, 4) is 0 Å². The number of hydrogen-bond donors (Lipinski definition) is 3. The molecular weight excluding hydrogens is 258 g/mol. The molecule has 1 heterocycles. The van der Waals surface area contributed by atoms with E-state index >= 15 is 0 Å². The van der Waals surface area contributed by atoms with Crippen LogP contribution in [-0.4, -0.2) is 33.2 Å². The Bertz CT molecular complexity index is 501. The van der Waals surface area contributed by atoms with Crippen molar-refractivity contribution in [2.45, 2.75) is 52.7 Å². The van der Waals surface area contributed by atoms with Crippen LogP contribution in [0.4, 0.5) is 5.69 Å². The average molecular weight is 281 g/mol. The van der Waals surface area contributed by atoms with Gasteiger partial charge in [0.15, 0.2) is 0 Å². The molecule has 0 aromatic carbocycles. The Balaban J connectivity index is 2.75. The van der Waals surface area contributed by atoms with E-state index in [-0.39, 0.29) is 17.1 Å². The van der Waals surface area contributed by atoms with Crippen molar-refractivity contribution in [1.29, 1.82) is 0 Å². The van der Waals surface area contributed by atoms with Crippen LogP contribution < -0.4 is 16.4 Å². The SMILES string of the molecule is CCn1ncc(N)c1C(=O)NC(C)C(=O)NC(C)(C)C. The number of nitrogens with zero attached hydrogens (tertiary/aromatic N) is 2. The van der Waals surface area contributed by atoms with E-state index in [0.29, 0.717) is 12.2 Å². The van der Waals surface area contributed by atoms with Crippen molar-refractivity contribution in [2.24, 2.45) is 0 Å². The second kappa shape index (κ2) is 5.94. The Kier molecular flexibility index (Phi) is 4.75. The first-order valence-corrected chi connectivity index (χ1v) is 6.60. The second-order valence-corrected chi connectivity index (χ2v) is 5.70. The molecule has 1 unspecified atom stereocenters. The fourth-order valence-electron chi connectivity index (χ4n) is 1.70. The van der Waals surface area contributed by atoms with Gasteiger partial charge in [0.2, 0.25) is 5.91 Å². The highest BCUT2D eigenvalue weighted by atomic mass is 16.2. The third-order valence-corrected chi connectivity index (χ3v) is 2.62. The maximum absolute atomic E-state index is 12.2. The standard InChI is InChI=1S/C13H23N5O2/c1-6-18-10(9(14)7-15-18)12(20)16-8(2)11(19)17-13(3,4)5/h7-8H,6,14H2,1-5H3,(H,16,20)(H,17,19). The van der Waals surface area contributed by atoms with Gasteiger partial charge in [-0.2, -0.15) is 5.10 Å². The Morgan fingerprint density at radius 3 is 2.55 bits per heavy atom. The van der Waals surface area contributed by atoms with Crippen LogP contribution in [0, 0.1) is 0 Å². The number of nitrogen functional groups attached to an aromatic ring is 1. The quantitative estimate of drug-likeness (QED) is 0.748. The molecule has 0 aliphatic heterocycles. The Hall–Kier alpha value is -2.05. The molecule has 7 heteroatoms. The van der Waals surface area contributed by atoms with Crippen molar-refractivity contribution in [1.82, 2.24) is 20.4 Å². The first-order chi connectivity index (χ1) is 9.15. The van der Waals surface area contributed by atoms with E-state index in [0.717, 1.165) is 0 Å². The van der Waals surface area contributed by atoms with Crippen LogP contribution in [0.1, 0.15) is 45.1 Å². The smallest absolute Gasteiger partial charge is 0.272 e. The molecule has 1 aromatic rings. The number of anilines is 1. The fraction of sp³-hybridized carbons (Fsp3) is 0.615. The number of amides is 2. The fourth-order valence-corrected chi connectivity index (χ4v) is 1.70. The zero-order valence-electron chi connectivity index (χ0n) is 12.7. The topological polar surface area (TPSA) is 102 Å². The lowest BCUT2D eigenvalue weighted by atomic mass is 10.1. The molecule has 0 bridgehead atoms. The van der Waals surface area contributed by atoms with E-state index in [1.165, 1.54) is 10.9 Å². The molecule has 0 aliphatic rings. The summed E-state index contributed by atoms with van der Waals surface area (Å²) >= 11 is 0. The van der Waals surface area contributed by atoms with Gasteiger partial charge in [-0.3, -0.25) is 14.3 Å². The van der Waals surface area contributed by atoms with Crippen LogP contribution in [-0.2, 0) is 11.3 Å². The zero-order chi connectivity index (χ0) is 15.5. The Labute approximate surface area is 118 Å². The molecule has 1 rings (SSSR count). The molecule has 20 heavy (non-hydrogen) atoms. The molecule has 0 aliphatic carbocycles. The van der Waals surface area contributed by atoms with Gasteiger partial charge in [0, 0.05) is 12.1 Å². The minimum absolute atomic E-state index is 0.244. The van der Waals surface area contributed by atoms with Gasteiger partial charge in [0.05, 0.1) is 11.9 Å². The maximum Gasteiger partial charge on any atom is 0.272 e. The number of aryl methyl sites for hydroxylation is 1. The molecule has 2 amide bonds. The van der Waals surface area contributed by atoms with E-state index in [1.54, 1.807) is 6.92 Å². The highest BCUT2D eigenvalue weighted by Crippen LogP contribution is 2.10. The zero-order valence-corrected chi connectivity index (χ0v) is 12.7. The van der Waals surface area contributed by atoms with Crippen molar-refractivity contribution in [3.05, 3.63) is 11.9 Å². The van der Waals surface area contributed by atoms with Crippen LogP contribution in [0.3, 0.4) is 0 Å². The van der Waals surface area contributed by atoms with Gasteiger partial charge in [-0.1, -0.05) is 0 Å². The summed E-state index contributed by atoms with van der Waals surface area (Å²) in [6, 6.07) is -0.652. The van der Waals surface area contributed by atoms with Crippen molar-refractivity contribution >= 4 is 17.5 Å². The average Bonchev–Trinajstić information content (AvgIpc) is 2.67. The van der Waals surface area contributed by atoms with Crippen molar-refractivity contribution in [3.63, 3.8) is 0 Å². The number of nitrogens with two attached hydrogens (primary N) is 1. The number of aromatic nitrogens is 2. The molecule has 1 aromatic heterocycles. The van der Waals surface area contributed by atoms with Gasteiger partial charge in [-0.25, -0.2) is 0 Å². The lowest BCUT2D eigenvalue weighted by molar-refractivity contribution is -0.124. The van der Waals surface area contributed by atoms with Crippen LogP contribution in [0.15, 0.2) is 6.20 Å². The van der Waals surface area contributed by atoms with Crippen LogP contribution in [0.25, 0.3) is 0 Å². The molecule has 0 spiro atoms. The predicted molar refractivity (Wildman–Crippen MR) is 77.1 cm³/mol. The minimum Gasteiger partial charge on any atom is -0.396 e. The number of nitrogens with one attached hydrogen (secondary N) is 2. The highest BCUT2D eigenvalue weighted by Gasteiger charge is 2.23. The summed E-state index contributed by atoms with van der Waals surface area (Å²) in [7, 11) is 0. The molecule has 0 radical (unpaired) electrons. The number of carbonyl (C=O) groups is 2. The molecule has 0 saturated heterocycles. The summed E-state index contributed by atoms with van der Waals surface area (Å²) in [5, 5.41) is 9.43. The Morgan fingerprint density at radius 2 is 2.05 bits per heavy atom. The third-order valence-electron chi connectivity index (χ3n) is 2.62. The first-order valence-electron chi connectivity index (χ1n) is 6.60. The summed E-state index contributed by atoms with van der Waals surface area (Å²) in [6.07, 6.45) is 1.43. The lowest BCUT2D eigenvalue weighted by Gasteiger charge is -2.23. The summed E-state index contributed by atoms with van der Waals surface area (Å²) in [5.74, 6) is -0.648. The summed E-state index contributed by atoms with van der Waals surface area (Å²) < 4.78 is 1.50. The normalized spacial score (nSPS) is 12.8. The largest absolute Gasteiger partial charge is 0.396 e. The number of hydrogen-bond acceptors (Lipinski definition) is 4. The van der Waals surface area contributed by atoms with Crippen molar-refractivity contribution in [2.75, 3.05) is 5.73 Å². The van der Waals surface area contributed by atoms with E-state index in [1.807, 2.05) is 27.7 Å². The molecular formula is C13H23N5O2. The molecule has 1 atom stereocenters. The first kappa shape index (κ1) is 16.0. The minimum atomic E-state index is -0.652. The molecule has 0 saturated carbocycles. The molecule has 7 nitrogen and oxygen atoms in total. The van der Waals surface area contributed by atoms with Crippen LogP contribution >= 0.6 is 0 Å². The van der Waals surface area contributed by atoms with Gasteiger partial charge < -0.3 is 16.4 Å². The van der Waals surface area contributed by atoms with Gasteiger partial charge in [0.25, 0.3) is 5.91 Å². The molecule has 0 fully saturated rings. The monoisotopic (exact) mass is 281 g/mol. The summed E-state index contributed by atoms with van der Waals surface area (Å²) in [6.45, 7) is 9.65. The predicted octanol–water partition coefficient (Wildman–Crippen LogP) is 0.518. The van der Waals surface area contributed by atoms with Gasteiger partial charge in [-0.05, 0) is 34.6 Å². The third kappa shape index (κ3) is 3.97. The van der Waals surface area contributed by atoms with Crippen molar-refractivity contribution < 1.29 is 9.59 Å². The van der Waals surface area contributed by atoms with E-state index in [2.05, 4.69) is 15.7 Å².